The number of methoxy groups -OCH3 is 1. The Hall–Kier alpha value is -2.55. The molecule has 0 bridgehead atoms. The molecule has 0 aliphatic rings. The van der Waals surface area contributed by atoms with Crippen LogP contribution in [-0.4, -0.2) is 19.6 Å². The molecule has 23 heavy (non-hydrogen) atoms. The van der Waals surface area contributed by atoms with Crippen LogP contribution in [0.3, 0.4) is 0 Å². The molecule has 0 spiro atoms. The zero-order valence-electron chi connectivity index (χ0n) is 13.5. The van der Waals surface area contributed by atoms with Crippen molar-refractivity contribution in [2.75, 3.05) is 13.7 Å². The lowest BCUT2D eigenvalue weighted by atomic mass is 10.1. The largest absolute Gasteiger partial charge is 0.497 e. The first-order valence-electron chi connectivity index (χ1n) is 7.92. The van der Waals surface area contributed by atoms with E-state index in [1.165, 1.54) is 5.56 Å². The molecular formula is C20H23NO2. The lowest BCUT2D eigenvalue weighted by molar-refractivity contribution is -0.116. The number of carbonyl (C=O) groups excluding carboxylic acids is 1. The van der Waals surface area contributed by atoms with Crippen molar-refractivity contribution in [2.45, 2.75) is 19.3 Å². The summed E-state index contributed by atoms with van der Waals surface area (Å²) in [6, 6.07) is 18.0. The molecule has 2 rings (SSSR count). The van der Waals surface area contributed by atoms with Crippen LogP contribution in [0.15, 0.2) is 60.7 Å². The van der Waals surface area contributed by atoms with E-state index in [0.29, 0.717) is 6.54 Å². The van der Waals surface area contributed by atoms with Gasteiger partial charge in [-0.05, 0) is 48.6 Å². The van der Waals surface area contributed by atoms with Crippen LogP contribution < -0.4 is 10.1 Å². The summed E-state index contributed by atoms with van der Waals surface area (Å²) in [6.45, 7) is 0.707. The van der Waals surface area contributed by atoms with E-state index in [0.717, 1.165) is 30.6 Å². The van der Waals surface area contributed by atoms with Gasteiger partial charge < -0.3 is 10.1 Å². The standard InChI is InChI=1S/C20H23NO2/c1-23-19-13-10-18(11-14-19)12-15-20(22)21-16-6-5-9-17-7-3-2-4-8-17/h2-4,7-8,10-15H,5-6,9,16H2,1H3,(H,21,22)/b15-12+. The highest BCUT2D eigenvalue weighted by Gasteiger charge is 1.97. The van der Waals surface area contributed by atoms with Gasteiger partial charge in [0.25, 0.3) is 0 Å². The molecule has 3 heteroatoms. The zero-order chi connectivity index (χ0) is 16.3. The van der Waals surface area contributed by atoms with Crippen LogP contribution in [0.5, 0.6) is 5.75 Å². The van der Waals surface area contributed by atoms with E-state index in [9.17, 15) is 4.79 Å². The Morgan fingerprint density at radius 1 is 1.04 bits per heavy atom. The average molecular weight is 309 g/mol. The van der Waals surface area contributed by atoms with Crippen molar-refractivity contribution in [2.24, 2.45) is 0 Å². The molecule has 0 aliphatic carbocycles. The van der Waals surface area contributed by atoms with Crippen molar-refractivity contribution < 1.29 is 9.53 Å². The summed E-state index contributed by atoms with van der Waals surface area (Å²) in [4.78, 5) is 11.8. The monoisotopic (exact) mass is 309 g/mol. The van der Waals surface area contributed by atoms with Gasteiger partial charge in [0, 0.05) is 12.6 Å². The molecular weight excluding hydrogens is 286 g/mol. The lowest BCUT2D eigenvalue weighted by Crippen LogP contribution is -2.22. The van der Waals surface area contributed by atoms with Gasteiger partial charge in [0.15, 0.2) is 0 Å². The SMILES string of the molecule is COc1ccc(/C=C/C(=O)NCCCCc2ccccc2)cc1. The van der Waals surface area contributed by atoms with Crippen molar-refractivity contribution in [3.63, 3.8) is 0 Å². The van der Waals surface area contributed by atoms with Gasteiger partial charge in [-0.1, -0.05) is 42.5 Å². The minimum atomic E-state index is -0.0551. The number of unbranched alkanes of at least 4 members (excludes halogenated alkanes) is 1. The lowest BCUT2D eigenvalue weighted by Gasteiger charge is -2.03. The molecule has 1 amide bonds. The predicted molar refractivity (Wildman–Crippen MR) is 94.4 cm³/mol. The minimum Gasteiger partial charge on any atom is -0.497 e. The van der Waals surface area contributed by atoms with E-state index >= 15 is 0 Å². The van der Waals surface area contributed by atoms with Crippen LogP contribution in [0, 0.1) is 0 Å². The smallest absolute Gasteiger partial charge is 0.243 e. The topological polar surface area (TPSA) is 38.3 Å². The van der Waals surface area contributed by atoms with Crippen LogP contribution in [-0.2, 0) is 11.2 Å². The molecule has 2 aromatic rings. The van der Waals surface area contributed by atoms with E-state index in [2.05, 4.69) is 29.6 Å². The number of ether oxygens (including phenoxy) is 1. The summed E-state index contributed by atoms with van der Waals surface area (Å²) < 4.78 is 5.10. The summed E-state index contributed by atoms with van der Waals surface area (Å²) in [5.41, 5.74) is 2.32. The highest BCUT2D eigenvalue weighted by Crippen LogP contribution is 2.12. The highest BCUT2D eigenvalue weighted by atomic mass is 16.5. The third kappa shape index (κ3) is 6.39. The fourth-order valence-electron chi connectivity index (χ4n) is 2.26. The molecule has 0 aromatic heterocycles. The molecule has 0 aliphatic heterocycles. The molecule has 0 saturated heterocycles. The summed E-state index contributed by atoms with van der Waals surface area (Å²) in [6.07, 6.45) is 6.49. The maximum absolute atomic E-state index is 11.8. The van der Waals surface area contributed by atoms with Crippen LogP contribution in [0.4, 0.5) is 0 Å². The van der Waals surface area contributed by atoms with Crippen molar-refractivity contribution >= 4 is 12.0 Å². The fourth-order valence-corrected chi connectivity index (χ4v) is 2.26. The first kappa shape index (κ1) is 16.8. The molecule has 0 fully saturated rings. The number of amides is 1. The number of nitrogens with one attached hydrogen (secondary N) is 1. The number of aryl methyl sites for hydroxylation is 1. The van der Waals surface area contributed by atoms with Crippen molar-refractivity contribution in [1.82, 2.24) is 5.32 Å². The molecule has 1 N–H and O–H groups in total. The van der Waals surface area contributed by atoms with Gasteiger partial charge >= 0.3 is 0 Å². The van der Waals surface area contributed by atoms with Crippen LogP contribution in [0.1, 0.15) is 24.0 Å². The molecule has 0 atom stereocenters. The minimum absolute atomic E-state index is 0.0551. The third-order valence-electron chi connectivity index (χ3n) is 3.58. The van der Waals surface area contributed by atoms with Crippen molar-refractivity contribution in [3.05, 3.63) is 71.8 Å². The third-order valence-corrected chi connectivity index (χ3v) is 3.58. The molecule has 2 aromatic carbocycles. The van der Waals surface area contributed by atoms with Gasteiger partial charge in [0.2, 0.25) is 5.91 Å². The zero-order valence-corrected chi connectivity index (χ0v) is 13.5. The van der Waals surface area contributed by atoms with Gasteiger partial charge in [-0.2, -0.15) is 0 Å². The molecule has 120 valence electrons. The molecule has 0 unspecified atom stereocenters. The van der Waals surface area contributed by atoms with Gasteiger partial charge in [-0.15, -0.1) is 0 Å². The Labute approximate surface area is 138 Å². The van der Waals surface area contributed by atoms with Gasteiger partial charge in [0.05, 0.1) is 7.11 Å². The van der Waals surface area contributed by atoms with E-state index in [1.807, 2.05) is 30.3 Å². The van der Waals surface area contributed by atoms with Gasteiger partial charge in [-0.3, -0.25) is 4.79 Å². The second kappa shape index (κ2) is 9.46. The van der Waals surface area contributed by atoms with Crippen molar-refractivity contribution in [3.8, 4) is 5.75 Å². The first-order valence-corrected chi connectivity index (χ1v) is 7.92. The second-order valence-corrected chi connectivity index (χ2v) is 5.34. The van der Waals surface area contributed by atoms with Gasteiger partial charge in [-0.25, -0.2) is 0 Å². The van der Waals surface area contributed by atoms with E-state index in [1.54, 1.807) is 19.3 Å². The summed E-state index contributed by atoms with van der Waals surface area (Å²) in [5.74, 6) is 0.755. The van der Waals surface area contributed by atoms with Crippen LogP contribution >= 0.6 is 0 Å². The Morgan fingerprint density at radius 2 is 1.78 bits per heavy atom. The number of benzene rings is 2. The average Bonchev–Trinajstić information content (AvgIpc) is 2.61. The number of rotatable bonds is 8. The first-order chi connectivity index (χ1) is 11.3. The molecule has 0 heterocycles. The molecule has 3 nitrogen and oxygen atoms in total. The van der Waals surface area contributed by atoms with E-state index < -0.39 is 0 Å². The van der Waals surface area contributed by atoms with Gasteiger partial charge in [0.1, 0.15) is 5.75 Å². The maximum Gasteiger partial charge on any atom is 0.243 e. The van der Waals surface area contributed by atoms with Crippen LogP contribution in [0.2, 0.25) is 0 Å². The Kier molecular flexibility index (Phi) is 6.92. The normalized spacial score (nSPS) is 10.7. The summed E-state index contributed by atoms with van der Waals surface area (Å²) >= 11 is 0. The number of hydrogen-bond donors (Lipinski definition) is 1. The number of carbonyl (C=O) groups is 1. The molecule has 0 saturated carbocycles. The predicted octanol–water partition coefficient (Wildman–Crippen LogP) is 3.85. The van der Waals surface area contributed by atoms with E-state index in [4.69, 9.17) is 4.74 Å². The summed E-state index contributed by atoms with van der Waals surface area (Å²) in [7, 11) is 1.64. The Balaban J connectivity index is 1.63. The second-order valence-electron chi connectivity index (χ2n) is 5.34. The van der Waals surface area contributed by atoms with E-state index in [-0.39, 0.29) is 5.91 Å². The Morgan fingerprint density at radius 3 is 2.48 bits per heavy atom. The fraction of sp³-hybridized carbons (Fsp3) is 0.250. The Bertz CT molecular complexity index is 618. The van der Waals surface area contributed by atoms with Crippen LogP contribution in [0.25, 0.3) is 6.08 Å². The van der Waals surface area contributed by atoms with Crippen molar-refractivity contribution in [1.29, 1.82) is 0 Å². The highest BCUT2D eigenvalue weighted by molar-refractivity contribution is 5.91. The number of hydrogen-bond acceptors (Lipinski definition) is 2. The maximum atomic E-state index is 11.8. The summed E-state index contributed by atoms with van der Waals surface area (Å²) in [5, 5.41) is 2.91. The molecule has 0 radical (unpaired) electrons. The quantitative estimate of drug-likeness (QED) is 0.594.